The zero-order chi connectivity index (χ0) is 20.8. The van der Waals surface area contributed by atoms with Gasteiger partial charge in [-0.1, -0.05) is 0 Å². The zero-order valence-electron chi connectivity index (χ0n) is 18.0. The number of nitrogens with zero attached hydrogens (tertiary/aromatic N) is 2. The lowest BCUT2D eigenvalue weighted by molar-refractivity contribution is 0.00578. The SMILES string of the molecule is CN(C)/C=C1\CN(C(=O)OC(C)(C)C)CC1=C(F)B1OC(C)(C)C(C)(C)O1. The average Bonchev–Trinajstić information content (AvgIpc) is 2.95. The summed E-state index contributed by atoms with van der Waals surface area (Å²) >= 11 is 0. The Bertz CT molecular complexity index is 649. The summed E-state index contributed by atoms with van der Waals surface area (Å²) in [5.41, 5.74) is -1.26. The molecule has 0 aromatic heterocycles. The molecule has 2 aliphatic rings. The molecule has 1 amide bonds. The molecule has 2 saturated heterocycles. The maximum atomic E-state index is 15.4. The largest absolute Gasteiger partial charge is 0.525 e. The van der Waals surface area contributed by atoms with E-state index < -0.39 is 35.7 Å². The molecule has 0 bridgehead atoms. The summed E-state index contributed by atoms with van der Waals surface area (Å²) in [6, 6.07) is 0. The van der Waals surface area contributed by atoms with Crippen LogP contribution in [0.2, 0.25) is 0 Å². The van der Waals surface area contributed by atoms with Crippen molar-refractivity contribution in [2.75, 3.05) is 27.2 Å². The standard InChI is InChI=1S/C19H32BFN2O4/c1-17(2,3)25-16(24)23-11-13(10-22(8)9)14(12-23)15(21)20-26-18(4,5)19(6,7)27-20/h10H,11-12H2,1-9H3/b13-10+,15-14?. The third-order valence-electron chi connectivity index (χ3n) is 4.91. The highest BCUT2D eigenvalue weighted by atomic mass is 19.1. The Hall–Kier alpha value is -1.54. The van der Waals surface area contributed by atoms with Gasteiger partial charge in [-0.2, -0.15) is 0 Å². The number of amides is 1. The van der Waals surface area contributed by atoms with Gasteiger partial charge in [0.15, 0.2) is 0 Å². The Balaban J connectivity index is 2.32. The van der Waals surface area contributed by atoms with Gasteiger partial charge in [-0.3, -0.25) is 4.90 Å². The van der Waals surface area contributed by atoms with Crippen molar-refractivity contribution in [1.29, 1.82) is 0 Å². The van der Waals surface area contributed by atoms with Crippen LogP contribution in [-0.2, 0) is 14.0 Å². The summed E-state index contributed by atoms with van der Waals surface area (Å²) in [5.74, 6) is 0. The number of ether oxygens (including phenoxy) is 1. The summed E-state index contributed by atoms with van der Waals surface area (Å²) in [6.45, 7) is 13.3. The van der Waals surface area contributed by atoms with E-state index in [2.05, 4.69) is 0 Å². The Kier molecular flexibility index (Phi) is 5.75. The van der Waals surface area contributed by atoms with Crippen molar-refractivity contribution in [1.82, 2.24) is 9.80 Å². The molecule has 0 atom stereocenters. The molecule has 0 radical (unpaired) electrons. The van der Waals surface area contributed by atoms with Crippen molar-refractivity contribution in [3.05, 3.63) is 23.1 Å². The van der Waals surface area contributed by atoms with Crippen molar-refractivity contribution in [3.8, 4) is 0 Å². The number of likely N-dealkylation sites (tertiary alicyclic amines) is 1. The van der Waals surface area contributed by atoms with E-state index in [1.807, 2.05) is 52.9 Å². The summed E-state index contributed by atoms with van der Waals surface area (Å²) in [6.07, 6.45) is 1.34. The Morgan fingerprint density at radius 1 is 1.19 bits per heavy atom. The molecule has 0 saturated carbocycles. The number of hydrogen-bond acceptors (Lipinski definition) is 5. The van der Waals surface area contributed by atoms with Crippen molar-refractivity contribution < 1.29 is 23.2 Å². The van der Waals surface area contributed by atoms with Gasteiger partial charge < -0.3 is 18.9 Å². The van der Waals surface area contributed by atoms with Crippen LogP contribution in [-0.4, -0.2) is 67.0 Å². The maximum absolute atomic E-state index is 15.4. The molecular weight excluding hydrogens is 350 g/mol. The van der Waals surface area contributed by atoms with E-state index >= 15 is 4.39 Å². The fourth-order valence-corrected chi connectivity index (χ4v) is 2.85. The maximum Gasteiger partial charge on any atom is 0.525 e. The van der Waals surface area contributed by atoms with E-state index in [9.17, 15) is 4.79 Å². The topological polar surface area (TPSA) is 51.2 Å². The molecule has 0 aromatic carbocycles. The van der Waals surface area contributed by atoms with Crippen LogP contribution in [0, 0.1) is 0 Å². The van der Waals surface area contributed by atoms with E-state index in [0.29, 0.717) is 11.1 Å². The molecule has 6 nitrogen and oxygen atoms in total. The van der Waals surface area contributed by atoms with E-state index in [1.165, 1.54) is 4.90 Å². The van der Waals surface area contributed by atoms with Crippen molar-refractivity contribution in [3.63, 3.8) is 0 Å². The van der Waals surface area contributed by atoms with Gasteiger partial charge in [0.05, 0.1) is 24.3 Å². The van der Waals surface area contributed by atoms with E-state index in [1.54, 1.807) is 20.8 Å². The monoisotopic (exact) mass is 382 g/mol. The number of halogens is 1. The lowest BCUT2D eigenvalue weighted by Crippen LogP contribution is -2.41. The predicted octanol–water partition coefficient (Wildman–Crippen LogP) is 3.54. The smallest absolute Gasteiger partial charge is 0.444 e. The third-order valence-corrected chi connectivity index (χ3v) is 4.91. The van der Waals surface area contributed by atoms with Crippen LogP contribution in [0.4, 0.5) is 9.18 Å². The minimum absolute atomic E-state index is 0.116. The fourth-order valence-electron chi connectivity index (χ4n) is 2.85. The van der Waals surface area contributed by atoms with Crippen LogP contribution < -0.4 is 0 Å². The van der Waals surface area contributed by atoms with Crippen LogP contribution >= 0.6 is 0 Å². The van der Waals surface area contributed by atoms with Gasteiger partial charge in [0.1, 0.15) is 11.3 Å². The van der Waals surface area contributed by atoms with Crippen LogP contribution in [0.3, 0.4) is 0 Å². The molecule has 0 N–H and O–H groups in total. The lowest BCUT2D eigenvalue weighted by atomic mass is 9.83. The first-order valence-electron chi connectivity index (χ1n) is 9.22. The van der Waals surface area contributed by atoms with E-state index in [4.69, 9.17) is 14.0 Å². The highest BCUT2D eigenvalue weighted by Gasteiger charge is 2.54. The van der Waals surface area contributed by atoms with Gasteiger partial charge >= 0.3 is 13.2 Å². The average molecular weight is 382 g/mol. The van der Waals surface area contributed by atoms with Crippen LogP contribution in [0.15, 0.2) is 23.1 Å². The first-order valence-corrected chi connectivity index (χ1v) is 9.22. The van der Waals surface area contributed by atoms with Crippen molar-refractivity contribution in [2.45, 2.75) is 65.3 Å². The number of carbonyl (C=O) groups excluding carboxylic acids is 1. The molecule has 0 spiro atoms. The molecular formula is C19H32BFN2O4. The van der Waals surface area contributed by atoms with Gasteiger partial charge in [0, 0.05) is 25.9 Å². The molecule has 2 aliphatic heterocycles. The Morgan fingerprint density at radius 3 is 2.15 bits per heavy atom. The number of carbonyl (C=O) groups is 1. The van der Waals surface area contributed by atoms with Gasteiger partial charge in [-0.05, 0) is 54.0 Å². The molecule has 2 heterocycles. The van der Waals surface area contributed by atoms with Gasteiger partial charge in [-0.25, -0.2) is 9.18 Å². The molecule has 8 heteroatoms. The fraction of sp³-hybridized carbons (Fsp3) is 0.737. The number of hydrogen-bond donors (Lipinski definition) is 0. The highest BCUT2D eigenvalue weighted by Crippen LogP contribution is 2.40. The summed E-state index contributed by atoms with van der Waals surface area (Å²) in [5, 5.41) is 0. The lowest BCUT2D eigenvalue weighted by Gasteiger charge is -2.32. The van der Waals surface area contributed by atoms with Crippen LogP contribution in [0.5, 0.6) is 0 Å². The van der Waals surface area contributed by atoms with Gasteiger partial charge in [0.25, 0.3) is 0 Å². The molecule has 152 valence electrons. The molecule has 2 fully saturated rings. The molecule has 0 aliphatic carbocycles. The molecule has 2 rings (SSSR count). The molecule has 27 heavy (non-hydrogen) atoms. The van der Waals surface area contributed by atoms with Crippen LogP contribution in [0.1, 0.15) is 48.5 Å². The van der Waals surface area contributed by atoms with Gasteiger partial charge in [0.2, 0.25) is 0 Å². The molecule has 0 aromatic rings. The van der Waals surface area contributed by atoms with E-state index in [0.717, 1.165) is 0 Å². The molecule has 0 unspecified atom stereocenters. The Morgan fingerprint density at radius 2 is 1.70 bits per heavy atom. The first kappa shape index (κ1) is 21.8. The number of rotatable bonds is 2. The normalized spacial score (nSPS) is 25.2. The van der Waals surface area contributed by atoms with Crippen molar-refractivity contribution in [2.24, 2.45) is 0 Å². The highest BCUT2D eigenvalue weighted by molar-refractivity contribution is 6.54. The Labute approximate surface area is 162 Å². The second-order valence-electron chi connectivity index (χ2n) is 9.37. The quantitative estimate of drug-likeness (QED) is 0.684. The summed E-state index contributed by atoms with van der Waals surface area (Å²) in [4.78, 5) is 15.8. The zero-order valence-corrected chi connectivity index (χ0v) is 18.0. The predicted molar refractivity (Wildman–Crippen MR) is 104 cm³/mol. The third kappa shape index (κ3) is 4.85. The minimum atomic E-state index is -1.09. The second-order valence-corrected chi connectivity index (χ2v) is 9.37. The second kappa shape index (κ2) is 7.13. The van der Waals surface area contributed by atoms with E-state index in [-0.39, 0.29) is 13.1 Å². The first-order chi connectivity index (χ1) is 12.1. The summed E-state index contributed by atoms with van der Waals surface area (Å²) < 4.78 is 32.5. The van der Waals surface area contributed by atoms with Crippen molar-refractivity contribution >= 4 is 13.2 Å². The van der Waals surface area contributed by atoms with Crippen LogP contribution in [0.25, 0.3) is 0 Å². The summed E-state index contributed by atoms with van der Waals surface area (Å²) in [7, 11) is 2.62. The minimum Gasteiger partial charge on any atom is -0.444 e. The van der Waals surface area contributed by atoms with Gasteiger partial charge in [-0.15, -0.1) is 0 Å².